The summed E-state index contributed by atoms with van der Waals surface area (Å²) in [5, 5.41) is 1.58. The number of hydrogen-bond acceptors (Lipinski definition) is 8. The Kier molecular flexibility index (Phi) is 5.38. The number of nitrogens with two attached hydrogens (primary N) is 2. The van der Waals surface area contributed by atoms with Gasteiger partial charge in [-0.3, -0.25) is 0 Å². The van der Waals surface area contributed by atoms with E-state index in [1.807, 2.05) is 25.1 Å². The van der Waals surface area contributed by atoms with E-state index in [1.165, 1.54) is 0 Å². The highest BCUT2D eigenvalue weighted by Crippen LogP contribution is 2.37. The van der Waals surface area contributed by atoms with E-state index in [2.05, 4.69) is 25.9 Å². The Hall–Kier alpha value is -2.71. The van der Waals surface area contributed by atoms with Gasteiger partial charge in [-0.2, -0.15) is 15.0 Å². The number of para-hydroxylation sites is 1. The van der Waals surface area contributed by atoms with Crippen molar-refractivity contribution in [2.45, 2.75) is 31.7 Å². The topological polar surface area (TPSA) is 116 Å². The summed E-state index contributed by atoms with van der Waals surface area (Å²) in [6, 6.07) is 8.14. The third kappa shape index (κ3) is 3.77. The zero-order valence-electron chi connectivity index (χ0n) is 16.5. The van der Waals surface area contributed by atoms with Gasteiger partial charge in [0.1, 0.15) is 11.6 Å². The Morgan fingerprint density at radius 2 is 1.97 bits per heavy atom. The van der Waals surface area contributed by atoms with Gasteiger partial charge in [0.15, 0.2) is 0 Å². The van der Waals surface area contributed by atoms with Crippen molar-refractivity contribution in [3.63, 3.8) is 0 Å². The van der Waals surface area contributed by atoms with E-state index in [9.17, 15) is 0 Å². The highest BCUT2D eigenvalue weighted by Gasteiger charge is 2.30. The van der Waals surface area contributed by atoms with Gasteiger partial charge in [-0.05, 0) is 25.0 Å². The summed E-state index contributed by atoms with van der Waals surface area (Å²) in [6.45, 7) is 3.56. The molecule has 29 heavy (non-hydrogen) atoms. The van der Waals surface area contributed by atoms with E-state index in [-0.39, 0.29) is 23.9 Å². The number of nitrogens with zero attached hydrogens (tertiary/aromatic N) is 5. The number of methoxy groups -OCH3 is 1. The lowest BCUT2D eigenvalue weighted by Crippen LogP contribution is -2.34. The van der Waals surface area contributed by atoms with Gasteiger partial charge < -0.3 is 21.1 Å². The Morgan fingerprint density at radius 3 is 2.69 bits per heavy atom. The van der Waals surface area contributed by atoms with E-state index in [0.717, 1.165) is 41.7 Å². The molecule has 2 atom stereocenters. The number of hydrogen-bond donors (Lipinski definition) is 2. The van der Waals surface area contributed by atoms with Gasteiger partial charge >= 0.3 is 0 Å². The molecule has 0 amide bonds. The normalized spacial score (nSPS) is 17.8. The lowest BCUT2D eigenvalue weighted by molar-refractivity contribution is 0.180. The van der Waals surface area contributed by atoms with Gasteiger partial charge in [-0.25, -0.2) is 4.98 Å². The monoisotopic (exact) mass is 413 g/mol. The van der Waals surface area contributed by atoms with Crippen LogP contribution in [0.5, 0.6) is 0 Å². The molecule has 1 saturated heterocycles. The first-order valence-corrected chi connectivity index (χ1v) is 9.97. The lowest BCUT2D eigenvalue weighted by Gasteiger charge is -2.29. The standard InChI is InChI=1S/C20H24ClN7O/c1-11(17-25-19(22)27-20(23)26-17)14-9-12-5-3-7-15(21)16(12)24-18(14)28-8-4-6-13(28)10-29-2/h3,5,7,9,11,13H,4,6,8,10H2,1-2H3,(H4,22,23,25,26,27)/t11-,13+/m0/s1. The lowest BCUT2D eigenvalue weighted by atomic mass is 9.98. The summed E-state index contributed by atoms with van der Waals surface area (Å²) < 4.78 is 5.44. The molecule has 3 heterocycles. The quantitative estimate of drug-likeness (QED) is 0.655. The number of halogens is 1. The number of rotatable bonds is 5. The molecule has 4 rings (SSSR count). The molecule has 1 aromatic carbocycles. The minimum Gasteiger partial charge on any atom is -0.383 e. The molecule has 0 aliphatic carbocycles. The van der Waals surface area contributed by atoms with Crippen molar-refractivity contribution in [2.24, 2.45) is 0 Å². The SMILES string of the molecule is COC[C@H]1CCCN1c1nc2c(Cl)cccc2cc1[C@H](C)c1nc(N)nc(N)n1. The van der Waals surface area contributed by atoms with Crippen LogP contribution in [0.15, 0.2) is 24.3 Å². The third-order valence-corrected chi connectivity index (χ3v) is 5.66. The summed E-state index contributed by atoms with van der Waals surface area (Å²) in [6.07, 6.45) is 2.13. The zero-order chi connectivity index (χ0) is 20.5. The molecule has 0 radical (unpaired) electrons. The fourth-order valence-corrected chi connectivity index (χ4v) is 4.18. The van der Waals surface area contributed by atoms with Crippen LogP contribution in [-0.4, -0.2) is 46.2 Å². The Balaban J connectivity index is 1.89. The summed E-state index contributed by atoms with van der Waals surface area (Å²) in [4.78, 5) is 19.8. The molecule has 2 aromatic heterocycles. The van der Waals surface area contributed by atoms with Crippen molar-refractivity contribution in [1.82, 2.24) is 19.9 Å². The molecular weight excluding hydrogens is 390 g/mol. The summed E-state index contributed by atoms with van der Waals surface area (Å²) >= 11 is 6.45. The van der Waals surface area contributed by atoms with Gasteiger partial charge in [0.05, 0.1) is 23.2 Å². The van der Waals surface area contributed by atoms with E-state index in [1.54, 1.807) is 7.11 Å². The van der Waals surface area contributed by atoms with Crippen molar-refractivity contribution in [1.29, 1.82) is 0 Å². The van der Waals surface area contributed by atoms with E-state index >= 15 is 0 Å². The maximum atomic E-state index is 6.45. The molecule has 0 unspecified atom stereocenters. The molecule has 3 aromatic rings. The van der Waals surface area contributed by atoms with Crippen LogP contribution in [0.4, 0.5) is 17.7 Å². The third-order valence-electron chi connectivity index (χ3n) is 5.35. The van der Waals surface area contributed by atoms with Crippen molar-refractivity contribution in [3.05, 3.63) is 40.7 Å². The van der Waals surface area contributed by atoms with E-state index < -0.39 is 0 Å². The van der Waals surface area contributed by atoms with E-state index in [4.69, 9.17) is 32.8 Å². The molecular formula is C20H24ClN7O. The van der Waals surface area contributed by atoms with Gasteiger partial charge in [0.2, 0.25) is 11.9 Å². The van der Waals surface area contributed by atoms with Crippen molar-refractivity contribution in [2.75, 3.05) is 36.6 Å². The molecule has 9 heteroatoms. The molecule has 1 aliphatic rings. The van der Waals surface area contributed by atoms with Crippen LogP contribution in [0.3, 0.4) is 0 Å². The highest BCUT2D eigenvalue weighted by molar-refractivity contribution is 6.35. The molecule has 0 bridgehead atoms. The molecule has 1 aliphatic heterocycles. The zero-order valence-corrected chi connectivity index (χ0v) is 17.2. The van der Waals surface area contributed by atoms with Gasteiger partial charge in [-0.1, -0.05) is 30.7 Å². The predicted molar refractivity (Wildman–Crippen MR) is 115 cm³/mol. The number of nitrogen functional groups attached to an aromatic ring is 2. The van der Waals surface area contributed by atoms with Crippen LogP contribution in [0.1, 0.15) is 37.1 Å². The van der Waals surface area contributed by atoms with E-state index in [0.29, 0.717) is 17.5 Å². The second-order valence-corrected chi connectivity index (χ2v) is 7.70. The summed E-state index contributed by atoms with van der Waals surface area (Å²) in [5.41, 5.74) is 13.4. The number of pyridine rings is 1. The maximum absolute atomic E-state index is 6.45. The van der Waals surface area contributed by atoms with Crippen LogP contribution < -0.4 is 16.4 Å². The first kappa shape index (κ1) is 19.6. The predicted octanol–water partition coefficient (Wildman–Crippen LogP) is 3.00. The largest absolute Gasteiger partial charge is 0.383 e. The number of aromatic nitrogens is 4. The van der Waals surface area contributed by atoms with Crippen LogP contribution in [0.2, 0.25) is 5.02 Å². The van der Waals surface area contributed by atoms with Gasteiger partial charge in [-0.15, -0.1) is 0 Å². The molecule has 0 spiro atoms. The molecule has 152 valence electrons. The average molecular weight is 414 g/mol. The smallest absolute Gasteiger partial charge is 0.225 e. The highest BCUT2D eigenvalue weighted by atomic mass is 35.5. The first-order chi connectivity index (χ1) is 14.0. The Labute approximate surface area is 174 Å². The number of benzene rings is 1. The number of ether oxygens (including phenoxy) is 1. The maximum Gasteiger partial charge on any atom is 0.225 e. The fourth-order valence-electron chi connectivity index (χ4n) is 3.96. The average Bonchev–Trinajstić information content (AvgIpc) is 3.14. The van der Waals surface area contributed by atoms with Crippen molar-refractivity contribution in [3.8, 4) is 0 Å². The molecule has 4 N–H and O–H groups in total. The molecule has 1 fully saturated rings. The first-order valence-electron chi connectivity index (χ1n) is 9.59. The van der Waals surface area contributed by atoms with Gasteiger partial charge in [0, 0.05) is 30.5 Å². The minimum atomic E-state index is -0.183. The summed E-state index contributed by atoms with van der Waals surface area (Å²) in [5.74, 6) is 1.42. The second-order valence-electron chi connectivity index (χ2n) is 7.29. The minimum absolute atomic E-state index is 0.108. The van der Waals surface area contributed by atoms with Crippen molar-refractivity contribution < 1.29 is 4.74 Å². The van der Waals surface area contributed by atoms with Crippen LogP contribution in [-0.2, 0) is 4.74 Å². The van der Waals surface area contributed by atoms with Crippen LogP contribution in [0.25, 0.3) is 10.9 Å². The Bertz CT molecular complexity index is 1020. The number of anilines is 3. The fraction of sp³-hybridized carbons (Fsp3) is 0.400. The Morgan fingerprint density at radius 1 is 1.21 bits per heavy atom. The molecule has 8 nitrogen and oxygen atoms in total. The molecule has 0 saturated carbocycles. The number of fused-ring (bicyclic) bond motifs is 1. The van der Waals surface area contributed by atoms with Gasteiger partial charge in [0.25, 0.3) is 0 Å². The second kappa shape index (κ2) is 7.96. The van der Waals surface area contributed by atoms with Crippen LogP contribution >= 0.6 is 11.6 Å². The van der Waals surface area contributed by atoms with Crippen molar-refractivity contribution >= 4 is 40.2 Å². The van der Waals surface area contributed by atoms with Crippen LogP contribution in [0, 0.1) is 0 Å². The summed E-state index contributed by atoms with van der Waals surface area (Å²) in [7, 11) is 1.72.